The highest BCUT2D eigenvalue weighted by Gasteiger charge is 2.33. The number of hydrogen-bond donors (Lipinski definition) is 2. The third-order valence-electron chi connectivity index (χ3n) is 2.58. The van der Waals surface area contributed by atoms with Crippen molar-refractivity contribution in [3.63, 3.8) is 0 Å². The zero-order valence-corrected chi connectivity index (χ0v) is 8.06. The van der Waals surface area contributed by atoms with Crippen LogP contribution < -0.4 is 5.32 Å². The smallest absolute Gasteiger partial charge is 0.338 e. The van der Waals surface area contributed by atoms with Gasteiger partial charge in [-0.3, -0.25) is 0 Å². The zero-order chi connectivity index (χ0) is 10.9. The van der Waals surface area contributed by atoms with Crippen molar-refractivity contribution in [1.29, 1.82) is 0 Å². The van der Waals surface area contributed by atoms with E-state index in [2.05, 4.69) is 15.3 Å². The first-order chi connectivity index (χ1) is 7.05. The Bertz CT molecular complexity index is 326. The van der Waals surface area contributed by atoms with Crippen molar-refractivity contribution >= 4 is 0 Å². The molecule has 0 saturated carbocycles. The molecule has 0 aliphatic carbocycles. The van der Waals surface area contributed by atoms with Gasteiger partial charge in [-0.05, 0) is 25.4 Å². The predicted molar refractivity (Wildman–Crippen MR) is 48.3 cm³/mol. The number of rotatable bonds is 2. The lowest BCUT2D eigenvalue weighted by Crippen LogP contribution is -2.11. The normalized spacial score (nSPS) is 22.2. The first kappa shape index (κ1) is 10.5. The van der Waals surface area contributed by atoms with Crippen LogP contribution in [0.5, 0.6) is 0 Å². The van der Waals surface area contributed by atoms with E-state index in [0.717, 1.165) is 25.7 Å². The Labute approximate surface area is 85.1 Å². The van der Waals surface area contributed by atoms with Gasteiger partial charge in [-0.2, -0.15) is 13.2 Å². The topological polar surface area (TPSA) is 40.7 Å². The second kappa shape index (κ2) is 3.84. The molecule has 2 heterocycles. The minimum absolute atomic E-state index is 0.400. The molecule has 84 valence electrons. The van der Waals surface area contributed by atoms with E-state index in [9.17, 15) is 13.2 Å². The maximum atomic E-state index is 12.2. The van der Waals surface area contributed by atoms with E-state index in [4.69, 9.17) is 0 Å². The molecule has 1 atom stereocenters. The molecule has 2 rings (SSSR count). The van der Waals surface area contributed by atoms with Crippen LogP contribution in [0.2, 0.25) is 0 Å². The van der Waals surface area contributed by atoms with E-state index in [0.29, 0.717) is 18.2 Å². The van der Waals surface area contributed by atoms with Crippen molar-refractivity contribution in [1.82, 2.24) is 15.3 Å². The van der Waals surface area contributed by atoms with Crippen LogP contribution in [0.3, 0.4) is 0 Å². The molecule has 0 bridgehead atoms. The van der Waals surface area contributed by atoms with Crippen LogP contribution >= 0.6 is 0 Å². The average molecular weight is 219 g/mol. The fourth-order valence-corrected chi connectivity index (χ4v) is 1.77. The van der Waals surface area contributed by atoms with Crippen molar-refractivity contribution < 1.29 is 13.2 Å². The highest BCUT2D eigenvalue weighted by Crippen LogP contribution is 2.27. The molecule has 1 unspecified atom stereocenters. The summed E-state index contributed by atoms with van der Waals surface area (Å²) in [5.74, 6) is 0.827. The van der Waals surface area contributed by atoms with Gasteiger partial charge in [0.15, 0.2) is 0 Å². The average Bonchev–Trinajstić information content (AvgIpc) is 2.73. The summed E-state index contributed by atoms with van der Waals surface area (Å²) in [7, 11) is 0. The quantitative estimate of drug-likeness (QED) is 0.792. The van der Waals surface area contributed by atoms with Gasteiger partial charge in [-0.25, -0.2) is 4.98 Å². The Balaban J connectivity index is 2.00. The largest absolute Gasteiger partial charge is 0.432 e. The molecule has 15 heavy (non-hydrogen) atoms. The lowest BCUT2D eigenvalue weighted by molar-refractivity contribution is -0.140. The molecule has 1 aromatic heterocycles. The minimum Gasteiger partial charge on any atom is -0.338 e. The minimum atomic E-state index is -4.32. The van der Waals surface area contributed by atoms with Gasteiger partial charge in [0.2, 0.25) is 0 Å². The molecule has 1 aromatic rings. The molecule has 1 aliphatic rings. The summed E-state index contributed by atoms with van der Waals surface area (Å²) < 4.78 is 36.7. The lowest BCUT2D eigenvalue weighted by Gasteiger charge is -2.05. The third kappa shape index (κ3) is 2.50. The Morgan fingerprint density at radius 1 is 1.47 bits per heavy atom. The molecule has 0 spiro atoms. The maximum absolute atomic E-state index is 12.2. The molecule has 0 aromatic carbocycles. The summed E-state index contributed by atoms with van der Waals surface area (Å²) in [6.07, 6.45) is -1.87. The van der Waals surface area contributed by atoms with Crippen molar-refractivity contribution in [3.8, 4) is 0 Å². The van der Waals surface area contributed by atoms with E-state index in [1.54, 1.807) is 0 Å². The van der Waals surface area contributed by atoms with Gasteiger partial charge in [-0.1, -0.05) is 0 Å². The van der Waals surface area contributed by atoms with Gasteiger partial charge in [0.05, 0.1) is 6.20 Å². The molecule has 0 radical (unpaired) electrons. The van der Waals surface area contributed by atoms with Crippen LogP contribution in [-0.4, -0.2) is 23.1 Å². The van der Waals surface area contributed by atoms with E-state index in [1.165, 1.54) is 0 Å². The maximum Gasteiger partial charge on any atom is 0.432 e. The van der Waals surface area contributed by atoms with Gasteiger partial charge in [0.25, 0.3) is 0 Å². The first-order valence-electron chi connectivity index (χ1n) is 4.87. The van der Waals surface area contributed by atoms with Crippen molar-refractivity contribution in [2.75, 3.05) is 13.1 Å². The summed E-state index contributed by atoms with van der Waals surface area (Å²) in [5.41, 5.74) is -0.761. The summed E-state index contributed by atoms with van der Waals surface area (Å²) in [4.78, 5) is 6.06. The number of imidazole rings is 1. The standard InChI is InChI=1S/C9H12F3N3/c10-9(11,12)7-5-14-8(15-7)3-6-1-2-13-4-6/h5-6,13H,1-4H2,(H,14,15). The molecule has 6 heteroatoms. The Morgan fingerprint density at radius 2 is 2.27 bits per heavy atom. The summed E-state index contributed by atoms with van der Waals surface area (Å²) in [6.45, 7) is 1.81. The molecule has 3 nitrogen and oxygen atoms in total. The number of nitrogens with one attached hydrogen (secondary N) is 2. The third-order valence-corrected chi connectivity index (χ3v) is 2.58. The van der Waals surface area contributed by atoms with Crippen LogP contribution in [-0.2, 0) is 12.6 Å². The Kier molecular flexibility index (Phi) is 2.68. The fourth-order valence-electron chi connectivity index (χ4n) is 1.77. The number of halogens is 3. The van der Waals surface area contributed by atoms with Crippen LogP contribution in [0, 0.1) is 5.92 Å². The Morgan fingerprint density at radius 3 is 2.80 bits per heavy atom. The fraction of sp³-hybridized carbons (Fsp3) is 0.667. The molecule has 1 saturated heterocycles. The van der Waals surface area contributed by atoms with E-state index in [-0.39, 0.29) is 0 Å². The lowest BCUT2D eigenvalue weighted by atomic mass is 10.1. The predicted octanol–water partition coefficient (Wildman–Crippen LogP) is 1.58. The number of nitrogens with zero attached hydrogens (tertiary/aromatic N) is 1. The van der Waals surface area contributed by atoms with Crippen molar-refractivity contribution in [2.45, 2.75) is 19.0 Å². The monoisotopic (exact) mass is 219 g/mol. The van der Waals surface area contributed by atoms with Gasteiger partial charge < -0.3 is 10.3 Å². The first-order valence-corrected chi connectivity index (χ1v) is 4.87. The molecular weight excluding hydrogens is 207 g/mol. The summed E-state index contributed by atoms with van der Waals surface area (Å²) >= 11 is 0. The summed E-state index contributed by atoms with van der Waals surface area (Å²) in [6, 6.07) is 0. The zero-order valence-electron chi connectivity index (χ0n) is 8.06. The van der Waals surface area contributed by atoms with E-state index >= 15 is 0 Å². The summed E-state index contributed by atoms with van der Waals surface area (Å²) in [5, 5.41) is 3.17. The second-order valence-electron chi connectivity index (χ2n) is 3.80. The van der Waals surface area contributed by atoms with Gasteiger partial charge >= 0.3 is 6.18 Å². The molecule has 1 fully saturated rings. The number of alkyl halides is 3. The van der Waals surface area contributed by atoms with Gasteiger partial charge in [0, 0.05) is 6.42 Å². The van der Waals surface area contributed by atoms with Crippen molar-refractivity contribution in [3.05, 3.63) is 17.7 Å². The van der Waals surface area contributed by atoms with Gasteiger partial charge in [-0.15, -0.1) is 0 Å². The van der Waals surface area contributed by atoms with Gasteiger partial charge in [0.1, 0.15) is 11.5 Å². The number of hydrogen-bond acceptors (Lipinski definition) is 2. The highest BCUT2D eigenvalue weighted by molar-refractivity contribution is 5.05. The SMILES string of the molecule is FC(F)(F)c1cnc(CC2CCNC2)[nH]1. The molecular formula is C9H12F3N3. The van der Waals surface area contributed by atoms with Crippen LogP contribution in [0.15, 0.2) is 6.20 Å². The van der Waals surface area contributed by atoms with Crippen LogP contribution in [0.4, 0.5) is 13.2 Å². The highest BCUT2D eigenvalue weighted by atomic mass is 19.4. The van der Waals surface area contributed by atoms with Crippen LogP contribution in [0.25, 0.3) is 0 Å². The van der Waals surface area contributed by atoms with E-state index < -0.39 is 11.9 Å². The molecule has 2 N–H and O–H groups in total. The molecule has 1 aliphatic heterocycles. The van der Waals surface area contributed by atoms with Crippen LogP contribution in [0.1, 0.15) is 17.9 Å². The number of H-pyrrole nitrogens is 1. The Hall–Kier alpha value is -1.04. The van der Waals surface area contributed by atoms with Crippen molar-refractivity contribution in [2.24, 2.45) is 5.92 Å². The van der Waals surface area contributed by atoms with E-state index in [1.807, 2.05) is 0 Å². The second-order valence-corrected chi connectivity index (χ2v) is 3.80. The number of aromatic amines is 1. The molecule has 0 amide bonds. The number of aromatic nitrogens is 2.